The molecule has 7 saturated heterocycles. The van der Waals surface area contributed by atoms with Crippen molar-refractivity contribution in [2.45, 2.75) is 293 Å². The van der Waals surface area contributed by atoms with Crippen molar-refractivity contribution in [1.82, 2.24) is 0 Å². The molecule has 0 amide bonds. The Hall–Kier alpha value is -2.15. The molecule has 2 bridgehead atoms. The molecule has 98 heavy (non-hydrogen) atoms. The van der Waals surface area contributed by atoms with Crippen LogP contribution in [0.25, 0.3) is 0 Å². The van der Waals surface area contributed by atoms with Gasteiger partial charge in [0, 0.05) is 12.8 Å². The minimum atomic E-state index is -2.09. The minimum Gasteiger partial charge on any atom is -0.432 e. The van der Waals surface area contributed by atoms with Crippen molar-refractivity contribution >= 4 is 5.97 Å². The third kappa shape index (κ3) is 14.2. The molecule has 4 aliphatic carbocycles. The molecule has 564 valence electrons. The monoisotopic (exact) mass is 1420 g/mol. The van der Waals surface area contributed by atoms with Crippen molar-refractivity contribution in [3.8, 4) is 0 Å². The first-order valence-electron chi connectivity index (χ1n) is 33.7. The Morgan fingerprint density at radius 2 is 0.837 bits per heavy atom. The predicted molar refractivity (Wildman–Crippen MR) is 314 cm³/mol. The highest BCUT2D eigenvalue weighted by atomic mass is 16.8. The van der Waals surface area contributed by atoms with Gasteiger partial charge in [-0.15, -0.1) is 0 Å². The van der Waals surface area contributed by atoms with Crippen LogP contribution in [0, 0.1) is 28.1 Å². The summed E-state index contributed by atoms with van der Waals surface area (Å²) in [6, 6.07) is 0. The van der Waals surface area contributed by atoms with Crippen molar-refractivity contribution in [3.05, 3.63) is 12.2 Å². The van der Waals surface area contributed by atoms with Crippen molar-refractivity contribution in [2.75, 3.05) is 46.2 Å². The molecule has 11 aliphatic rings. The lowest BCUT2D eigenvalue weighted by Crippen LogP contribution is -2.68. The van der Waals surface area contributed by atoms with Crippen molar-refractivity contribution in [1.29, 1.82) is 0 Å². The molecule has 21 N–H and O–H groups in total. The molecule has 34 unspecified atom stereocenters. The van der Waals surface area contributed by atoms with E-state index >= 15 is 4.79 Å². The molecule has 1 spiro atoms. The van der Waals surface area contributed by atoms with Crippen LogP contribution >= 0.6 is 0 Å². The summed E-state index contributed by atoms with van der Waals surface area (Å²) in [6.07, 6.45) is -55.6. The van der Waals surface area contributed by atoms with Crippen LogP contribution in [0.4, 0.5) is 0 Å². The number of aliphatic hydroxyl groups excluding tert-OH is 21. The van der Waals surface area contributed by atoms with Crippen molar-refractivity contribution < 1.29 is 178 Å². The van der Waals surface area contributed by atoms with Gasteiger partial charge in [-0.05, 0) is 86.5 Å². The summed E-state index contributed by atoms with van der Waals surface area (Å²) < 4.78 is 86.0. The number of ether oxygens (including phenoxy) is 14. The molecule has 0 aromatic heterocycles. The highest BCUT2D eigenvalue weighted by Crippen LogP contribution is 2.74. The normalized spacial score (nSPS) is 53.8. The van der Waals surface area contributed by atoms with Crippen LogP contribution < -0.4 is 0 Å². The number of fused-ring (bicyclic) bond motifs is 3. The number of hydrogen-bond donors (Lipinski definition) is 21. The second-order valence-corrected chi connectivity index (χ2v) is 29.1. The van der Waals surface area contributed by atoms with Crippen LogP contribution in [0.15, 0.2) is 12.2 Å². The van der Waals surface area contributed by atoms with Crippen LogP contribution in [-0.2, 0) is 71.1 Å². The molecule has 7 aliphatic heterocycles. The largest absolute Gasteiger partial charge is 0.432 e. The zero-order valence-electron chi connectivity index (χ0n) is 54.2. The fourth-order valence-electron chi connectivity index (χ4n) is 17.8. The lowest BCUT2D eigenvalue weighted by atomic mass is 9.41. The van der Waals surface area contributed by atoms with Gasteiger partial charge in [-0.25, -0.2) is 0 Å². The molecule has 39 atom stereocenters. The van der Waals surface area contributed by atoms with Crippen LogP contribution in [-0.4, -0.2) is 368 Å². The topological polar surface area (TPSA) is 571 Å². The van der Waals surface area contributed by atoms with Gasteiger partial charge in [0.1, 0.15) is 140 Å². The first kappa shape index (κ1) is 77.0. The summed E-state index contributed by atoms with van der Waals surface area (Å²) in [5.41, 5.74) is -3.43. The predicted octanol–water partition coefficient (Wildman–Crippen LogP) is -9.58. The number of hydrogen-bond acceptors (Lipinski definition) is 36. The maximum Gasteiger partial charge on any atom is 0.314 e. The van der Waals surface area contributed by atoms with Crippen molar-refractivity contribution in [3.63, 3.8) is 0 Å². The summed E-state index contributed by atoms with van der Waals surface area (Å²) in [5.74, 6) is -1.46. The minimum absolute atomic E-state index is 0.189. The van der Waals surface area contributed by atoms with Gasteiger partial charge in [-0.3, -0.25) is 4.79 Å². The average Bonchev–Trinajstić information content (AvgIpc) is 1.46. The summed E-state index contributed by atoms with van der Waals surface area (Å²) in [7, 11) is 0. The molecule has 0 aromatic rings. The smallest absolute Gasteiger partial charge is 0.314 e. The van der Waals surface area contributed by atoms with E-state index in [0.717, 1.165) is 0 Å². The third-order valence-electron chi connectivity index (χ3n) is 23.1. The highest BCUT2D eigenvalue weighted by molar-refractivity contribution is 5.77. The van der Waals surface area contributed by atoms with Gasteiger partial charge in [-0.1, -0.05) is 19.9 Å². The third-order valence-corrected chi connectivity index (χ3v) is 23.1. The summed E-state index contributed by atoms with van der Waals surface area (Å²) in [5, 5.41) is 227. The Kier molecular flexibility index (Phi) is 24.1. The van der Waals surface area contributed by atoms with Crippen LogP contribution in [0.2, 0.25) is 0 Å². The Bertz CT molecular complexity index is 2650. The van der Waals surface area contributed by atoms with Gasteiger partial charge in [0.25, 0.3) is 0 Å². The van der Waals surface area contributed by atoms with E-state index in [1.807, 2.05) is 0 Å². The van der Waals surface area contributed by atoms with Gasteiger partial charge in [0.15, 0.2) is 43.8 Å². The number of carbonyl (C=O) groups is 1. The Morgan fingerprint density at radius 1 is 0.429 bits per heavy atom. The van der Waals surface area contributed by atoms with Gasteiger partial charge in [-0.2, -0.15) is 0 Å². The first-order chi connectivity index (χ1) is 46.4. The van der Waals surface area contributed by atoms with E-state index < -0.39 is 289 Å². The quantitative estimate of drug-likeness (QED) is 0.0288. The second kappa shape index (κ2) is 30.7. The Morgan fingerprint density at radius 3 is 1.35 bits per heavy atom. The van der Waals surface area contributed by atoms with E-state index in [4.69, 9.17) is 66.3 Å². The van der Waals surface area contributed by atoms with Gasteiger partial charge in [0.05, 0.1) is 69.5 Å². The molecule has 4 saturated carbocycles. The molecule has 36 heteroatoms. The first-order valence-corrected chi connectivity index (χ1v) is 33.7. The van der Waals surface area contributed by atoms with Gasteiger partial charge in [0.2, 0.25) is 6.29 Å². The fourth-order valence-corrected chi connectivity index (χ4v) is 17.8. The molecule has 0 radical (unpaired) electrons. The van der Waals surface area contributed by atoms with E-state index in [-0.39, 0.29) is 31.6 Å². The summed E-state index contributed by atoms with van der Waals surface area (Å²) in [6.45, 7) is 2.73. The number of carbonyl (C=O) groups excluding carboxylic acids is 1. The highest BCUT2D eigenvalue weighted by Gasteiger charge is 2.70. The van der Waals surface area contributed by atoms with E-state index in [1.54, 1.807) is 6.92 Å². The maximum absolute atomic E-state index is 15.5. The van der Waals surface area contributed by atoms with E-state index in [1.165, 1.54) is 0 Å². The SMILES string of the molecule is C=C1C[C@@]23CCC4[C@](C)(C(=O)OC5OC(CO)C(O)C(OC6OC(CO)C(O)C(O)C6O)C5OC5OC(CO)C(O)CC5O)CCC[C@@]4(C)[C@@H]2CC[C@]1(OC1OC(COC2OC(CO)C(O)CC2O)C(O)C(OC2OC(CO)C(O)C(O)C2O)C1OC1OC(CO)C(O)C(O)C1O)C3. The molecule has 0 aromatic carbocycles. The maximum atomic E-state index is 15.5. The van der Waals surface area contributed by atoms with Gasteiger partial charge >= 0.3 is 5.97 Å². The zero-order chi connectivity index (χ0) is 71.0. The average molecular weight is 1420 g/mol. The lowest BCUT2D eigenvalue weighted by Gasteiger charge is -2.64. The number of aliphatic hydroxyl groups is 21. The van der Waals surface area contributed by atoms with Crippen LogP contribution in [0.5, 0.6) is 0 Å². The van der Waals surface area contributed by atoms with E-state index in [0.29, 0.717) is 44.1 Å². The molecule has 36 nitrogen and oxygen atoms in total. The number of rotatable bonds is 21. The van der Waals surface area contributed by atoms with Crippen molar-refractivity contribution in [2.24, 2.45) is 28.1 Å². The van der Waals surface area contributed by atoms with E-state index in [9.17, 15) is 107 Å². The van der Waals surface area contributed by atoms with Crippen LogP contribution in [0.3, 0.4) is 0 Å². The molecular weight excluding hydrogens is 1320 g/mol. The lowest BCUT2D eigenvalue weighted by molar-refractivity contribution is -0.402. The molecule has 7 heterocycles. The van der Waals surface area contributed by atoms with E-state index in [2.05, 4.69) is 13.5 Å². The Labute approximate surface area is 562 Å². The molecule has 11 fully saturated rings. The summed E-state index contributed by atoms with van der Waals surface area (Å²) in [4.78, 5) is 15.5. The summed E-state index contributed by atoms with van der Waals surface area (Å²) >= 11 is 0. The number of esters is 1. The standard InChI is InChI=1S/C62H100O36/c1-22-13-61-9-5-34-59(2,7-4-8-60(34,3)58(84)97-56-49(95-52-26(72)12-24(70)28(15-64)87-52)47(39(76)32(19-68)91-56)93-53-44(81)41(78)36(73)29(16-65)88-53)35(61)6-10-62(22,21-61)98-57-50(96-55-46(83)43(80)38(75)31(18-67)90-55)48(94-54-45(82)42(79)37(74)30(17-66)89-54)40(77)33(92-57)20-85-51-25(71)11-23(69)27(14-63)86-51/h23-57,63-83H,1,4-21H2,2-3H3/t23?,24?,25?,26?,27?,28?,29?,30?,31?,32?,33?,34?,35-,36?,37?,38?,39?,40?,41?,42?,43?,44?,45?,46?,47?,48?,49?,50?,51?,52?,53?,54?,55?,56?,57?,59+,60+,61+,62-/m0/s1. The Balaban J connectivity index is 0.884. The fraction of sp³-hybridized carbons (Fsp3) is 0.952. The van der Waals surface area contributed by atoms with Gasteiger partial charge < -0.3 is 174 Å². The zero-order valence-corrected chi connectivity index (χ0v) is 54.2. The molecule has 11 rings (SSSR count). The van der Waals surface area contributed by atoms with Crippen LogP contribution in [0.1, 0.15) is 84.5 Å². The second-order valence-electron chi connectivity index (χ2n) is 29.1. The molecular formula is C62H100O36.